The zero-order chi connectivity index (χ0) is 20.0. The highest BCUT2D eigenvalue weighted by atomic mass is 32.1. The lowest BCUT2D eigenvalue weighted by atomic mass is 10.0. The molecular weight excluding hydrogens is 388 g/mol. The number of aromatic carboxylic acids is 1. The van der Waals surface area contributed by atoms with Gasteiger partial charge in [-0.2, -0.15) is 0 Å². The molecule has 0 spiro atoms. The molecule has 0 bridgehead atoms. The summed E-state index contributed by atoms with van der Waals surface area (Å²) in [7, 11) is 0. The minimum atomic E-state index is -0.953. The quantitative estimate of drug-likeness (QED) is 0.532. The number of aryl methyl sites for hydroxylation is 1. The number of thiophene rings is 1. The van der Waals surface area contributed by atoms with E-state index in [1.54, 1.807) is 35.6 Å². The highest BCUT2D eigenvalue weighted by Crippen LogP contribution is 2.35. The van der Waals surface area contributed by atoms with Crippen LogP contribution in [0.1, 0.15) is 27.2 Å². The van der Waals surface area contributed by atoms with Crippen LogP contribution in [0.25, 0.3) is 21.6 Å². The van der Waals surface area contributed by atoms with Crippen molar-refractivity contribution in [3.63, 3.8) is 0 Å². The molecule has 0 radical (unpaired) electrons. The van der Waals surface area contributed by atoms with E-state index in [2.05, 4.69) is 12.3 Å². The largest absolute Gasteiger partial charge is 0.478 e. The van der Waals surface area contributed by atoms with Gasteiger partial charge in [-0.15, -0.1) is 11.3 Å². The van der Waals surface area contributed by atoms with Crippen molar-refractivity contribution in [3.8, 4) is 22.9 Å². The molecule has 7 heteroatoms. The molecule has 0 saturated heterocycles. The predicted molar refractivity (Wildman–Crippen MR) is 110 cm³/mol. The summed E-state index contributed by atoms with van der Waals surface area (Å²) in [5, 5.41) is 12.3. The second-order valence-electron chi connectivity index (χ2n) is 6.84. The van der Waals surface area contributed by atoms with Gasteiger partial charge in [0.05, 0.1) is 11.3 Å². The van der Waals surface area contributed by atoms with Crippen molar-refractivity contribution >= 4 is 27.5 Å². The molecule has 1 N–H and O–H groups in total. The number of fused-ring (bicyclic) bond motifs is 2. The van der Waals surface area contributed by atoms with Crippen molar-refractivity contribution in [1.29, 1.82) is 0 Å². The standard InChI is InChI=1S/C22H16N2O4S/c1-12-10-29-21-19(12)16(8-13-2-7-17-18(9-13)28-11-27-17)23-20(24-21)14-3-5-15(6-4-14)22(25)26/h2-7,9-10H,8,11H2,1H3,(H,25,26). The molecule has 4 aromatic rings. The first-order valence-corrected chi connectivity index (χ1v) is 9.93. The first-order chi connectivity index (χ1) is 14.1. The third-order valence-electron chi connectivity index (χ3n) is 4.89. The summed E-state index contributed by atoms with van der Waals surface area (Å²) in [6.45, 7) is 2.31. The van der Waals surface area contributed by atoms with Crippen molar-refractivity contribution in [2.75, 3.05) is 6.79 Å². The zero-order valence-electron chi connectivity index (χ0n) is 15.5. The number of ether oxygens (including phenoxy) is 2. The van der Waals surface area contributed by atoms with E-state index in [1.165, 1.54) is 0 Å². The number of nitrogens with zero attached hydrogens (tertiary/aromatic N) is 2. The van der Waals surface area contributed by atoms with E-state index in [0.717, 1.165) is 44.1 Å². The first-order valence-electron chi connectivity index (χ1n) is 9.05. The van der Waals surface area contributed by atoms with E-state index in [0.29, 0.717) is 12.2 Å². The van der Waals surface area contributed by atoms with Crippen LogP contribution in [0.3, 0.4) is 0 Å². The average molecular weight is 404 g/mol. The second kappa shape index (κ2) is 6.86. The summed E-state index contributed by atoms with van der Waals surface area (Å²) in [4.78, 5) is 21.6. The Bertz CT molecular complexity index is 1250. The first kappa shape index (κ1) is 17.6. The fourth-order valence-electron chi connectivity index (χ4n) is 3.43. The van der Waals surface area contributed by atoms with Gasteiger partial charge >= 0.3 is 5.97 Å². The minimum absolute atomic E-state index is 0.238. The van der Waals surface area contributed by atoms with E-state index >= 15 is 0 Å². The third kappa shape index (κ3) is 3.19. The Kier molecular flexibility index (Phi) is 4.17. The number of aromatic nitrogens is 2. The van der Waals surface area contributed by atoms with Gasteiger partial charge in [-0.1, -0.05) is 18.2 Å². The van der Waals surface area contributed by atoms with Crippen LogP contribution in [0.4, 0.5) is 0 Å². The van der Waals surface area contributed by atoms with Gasteiger partial charge in [0.25, 0.3) is 0 Å². The maximum Gasteiger partial charge on any atom is 0.335 e. The van der Waals surface area contributed by atoms with Gasteiger partial charge in [0.1, 0.15) is 4.83 Å². The highest BCUT2D eigenvalue weighted by Gasteiger charge is 2.17. The molecule has 0 unspecified atom stereocenters. The molecule has 0 atom stereocenters. The van der Waals surface area contributed by atoms with Crippen molar-refractivity contribution in [3.05, 3.63) is 70.2 Å². The predicted octanol–water partition coefficient (Wildman–Crippen LogP) is 4.68. The summed E-state index contributed by atoms with van der Waals surface area (Å²) < 4.78 is 10.9. The van der Waals surface area contributed by atoms with Crippen LogP contribution in [0.15, 0.2) is 47.8 Å². The van der Waals surface area contributed by atoms with Crippen LogP contribution >= 0.6 is 11.3 Å². The third-order valence-corrected chi connectivity index (χ3v) is 5.88. The number of carboxylic acids is 1. The number of carbonyl (C=O) groups is 1. The molecule has 0 amide bonds. The van der Waals surface area contributed by atoms with E-state index in [9.17, 15) is 4.79 Å². The number of hydrogen-bond donors (Lipinski definition) is 1. The Morgan fingerprint density at radius 1 is 1.10 bits per heavy atom. The van der Waals surface area contributed by atoms with Crippen LogP contribution in [-0.4, -0.2) is 27.8 Å². The fraction of sp³-hybridized carbons (Fsp3) is 0.136. The molecule has 3 heterocycles. The van der Waals surface area contributed by atoms with E-state index in [4.69, 9.17) is 24.5 Å². The van der Waals surface area contributed by atoms with Gasteiger partial charge in [0.15, 0.2) is 17.3 Å². The van der Waals surface area contributed by atoms with Crippen LogP contribution in [0.2, 0.25) is 0 Å². The lowest BCUT2D eigenvalue weighted by molar-refractivity contribution is 0.0697. The van der Waals surface area contributed by atoms with Gasteiger partial charge in [0, 0.05) is 17.4 Å². The lowest BCUT2D eigenvalue weighted by Crippen LogP contribution is -2.00. The zero-order valence-corrected chi connectivity index (χ0v) is 16.3. The molecular formula is C22H16N2O4S. The highest BCUT2D eigenvalue weighted by molar-refractivity contribution is 7.17. The smallest absolute Gasteiger partial charge is 0.335 e. The minimum Gasteiger partial charge on any atom is -0.478 e. The summed E-state index contributed by atoms with van der Waals surface area (Å²) in [6.07, 6.45) is 0.632. The molecule has 29 heavy (non-hydrogen) atoms. The Balaban J connectivity index is 1.58. The number of benzene rings is 2. The number of carboxylic acid groups (broad SMARTS) is 1. The molecule has 0 fully saturated rings. The molecule has 144 valence electrons. The van der Waals surface area contributed by atoms with Gasteiger partial charge < -0.3 is 14.6 Å². The summed E-state index contributed by atoms with van der Waals surface area (Å²) >= 11 is 1.59. The summed E-state index contributed by atoms with van der Waals surface area (Å²) in [6, 6.07) is 12.6. The van der Waals surface area contributed by atoms with E-state index in [1.807, 2.05) is 18.2 Å². The molecule has 2 aromatic heterocycles. The van der Waals surface area contributed by atoms with Crippen molar-refractivity contribution in [2.45, 2.75) is 13.3 Å². The van der Waals surface area contributed by atoms with Gasteiger partial charge in [0.2, 0.25) is 6.79 Å². The Labute approximate surface area is 170 Å². The second-order valence-corrected chi connectivity index (χ2v) is 7.70. The fourth-order valence-corrected chi connectivity index (χ4v) is 4.37. The normalized spacial score (nSPS) is 12.4. The van der Waals surface area contributed by atoms with Gasteiger partial charge in [-0.25, -0.2) is 14.8 Å². The monoisotopic (exact) mass is 404 g/mol. The molecule has 2 aromatic carbocycles. The van der Waals surface area contributed by atoms with Crippen molar-refractivity contribution < 1.29 is 19.4 Å². The lowest BCUT2D eigenvalue weighted by Gasteiger charge is -2.09. The molecule has 0 saturated carbocycles. The van der Waals surface area contributed by atoms with Crippen LogP contribution in [-0.2, 0) is 6.42 Å². The maximum atomic E-state index is 11.1. The molecule has 0 aliphatic carbocycles. The van der Waals surface area contributed by atoms with Crippen LogP contribution in [0.5, 0.6) is 11.5 Å². The average Bonchev–Trinajstić information content (AvgIpc) is 3.34. The summed E-state index contributed by atoms with van der Waals surface area (Å²) in [5.74, 6) is 1.14. The number of rotatable bonds is 4. The molecule has 1 aliphatic rings. The Morgan fingerprint density at radius 2 is 1.90 bits per heavy atom. The maximum absolute atomic E-state index is 11.1. The van der Waals surface area contributed by atoms with Gasteiger partial charge in [-0.3, -0.25) is 0 Å². The SMILES string of the molecule is Cc1csc2nc(-c3ccc(C(=O)O)cc3)nc(Cc3ccc4c(c3)OCO4)c12. The summed E-state index contributed by atoms with van der Waals surface area (Å²) in [5.41, 5.74) is 4.18. The topological polar surface area (TPSA) is 81.5 Å². The van der Waals surface area contributed by atoms with E-state index in [-0.39, 0.29) is 12.4 Å². The molecule has 1 aliphatic heterocycles. The molecule has 6 nitrogen and oxygen atoms in total. The van der Waals surface area contributed by atoms with Crippen LogP contribution < -0.4 is 9.47 Å². The van der Waals surface area contributed by atoms with Crippen LogP contribution in [0, 0.1) is 6.92 Å². The molecule has 5 rings (SSSR count). The van der Waals surface area contributed by atoms with Crippen molar-refractivity contribution in [1.82, 2.24) is 9.97 Å². The van der Waals surface area contributed by atoms with E-state index < -0.39 is 5.97 Å². The Hall–Kier alpha value is -3.45. The number of hydrogen-bond acceptors (Lipinski definition) is 6. The van der Waals surface area contributed by atoms with Crippen molar-refractivity contribution in [2.24, 2.45) is 0 Å². The van der Waals surface area contributed by atoms with Gasteiger partial charge in [-0.05, 0) is 47.7 Å². The Morgan fingerprint density at radius 3 is 2.69 bits per heavy atom.